The molecule has 0 radical (unpaired) electrons. The number of morpholine rings is 1. The minimum absolute atomic E-state index is 0.0112. The molecule has 1 atom stereocenters. The molecule has 1 fully saturated rings. The standard InChI is InChI=1S/C25H33NO5/c1-25(2,3)31-24(27)13-14-26-15-16-30-23(19-26)20-9-11-22(12-10-20)29-18-17-28-21-7-5-4-6-8-21/h4-12,23H,13-19H2,1-3H3. The van der Waals surface area contributed by atoms with Crippen molar-refractivity contribution in [2.45, 2.75) is 38.9 Å². The molecule has 1 saturated heterocycles. The van der Waals surface area contributed by atoms with Crippen molar-refractivity contribution in [3.05, 3.63) is 60.2 Å². The number of ether oxygens (including phenoxy) is 4. The van der Waals surface area contributed by atoms with Crippen LogP contribution >= 0.6 is 0 Å². The number of rotatable bonds is 9. The van der Waals surface area contributed by atoms with Gasteiger partial charge in [0.15, 0.2) is 0 Å². The number of carbonyl (C=O) groups excluding carboxylic acids is 1. The fraction of sp³-hybridized carbons (Fsp3) is 0.480. The summed E-state index contributed by atoms with van der Waals surface area (Å²) in [5.74, 6) is 1.48. The zero-order valence-electron chi connectivity index (χ0n) is 18.7. The predicted molar refractivity (Wildman–Crippen MR) is 119 cm³/mol. The van der Waals surface area contributed by atoms with E-state index in [0.29, 0.717) is 32.8 Å². The van der Waals surface area contributed by atoms with Gasteiger partial charge in [0, 0.05) is 19.6 Å². The van der Waals surface area contributed by atoms with Crippen LogP contribution in [-0.2, 0) is 14.3 Å². The smallest absolute Gasteiger partial charge is 0.307 e. The van der Waals surface area contributed by atoms with E-state index in [1.54, 1.807) is 0 Å². The molecule has 31 heavy (non-hydrogen) atoms. The van der Waals surface area contributed by atoms with Gasteiger partial charge in [0.1, 0.15) is 30.3 Å². The lowest BCUT2D eigenvalue weighted by Crippen LogP contribution is -2.39. The Morgan fingerprint density at radius 1 is 1.00 bits per heavy atom. The van der Waals surface area contributed by atoms with Gasteiger partial charge in [0.05, 0.1) is 19.1 Å². The lowest BCUT2D eigenvalue weighted by atomic mass is 10.1. The first kappa shape index (κ1) is 23.1. The van der Waals surface area contributed by atoms with Gasteiger partial charge in [0.25, 0.3) is 0 Å². The van der Waals surface area contributed by atoms with Gasteiger partial charge < -0.3 is 18.9 Å². The molecule has 0 saturated carbocycles. The first-order chi connectivity index (χ1) is 14.9. The quantitative estimate of drug-likeness (QED) is 0.441. The maximum atomic E-state index is 12.0. The van der Waals surface area contributed by atoms with Crippen molar-refractivity contribution in [1.29, 1.82) is 0 Å². The Morgan fingerprint density at radius 3 is 2.29 bits per heavy atom. The summed E-state index contributed by atoms with van der Waals surface area (Å²) < 4.78 is 22.8. The van der Waals surface area contributed by atoms with Crippen molar-refractivity contribution in [3.8, 4) is 11.5 Å². The Balaban J connectivity index is 1.40. The van der Waals surface area contributed by atoms with E-state index in [1.807, 2.05) is 75.4 Å². The molecule has 0 spiro atoms. The van der Waals surface area contributed by atoms with Gasteiger partial charge in [-0.15, -0.1) is 0 Å². The third kappa shape index (κ3) is 8.23. The molecule has 6 nitrogen and oxygen atoms in total. The molecule has 2 aromatic rings. The van der Waals surface area contributed by atoms with Gasteiger partial charge in [-0.2, -0.15) is 0 Å². The molecule has 6 heteroatoms. The normalized spacial score (nSPS) is 17.2. The van der Waals surface area contributed by atoms with Crippen LogP contribution in [0, 0.1) is 0 Å². The highest BCUT2D eigenvalue weighted by Crippen LogP contribution is 2.24. The molecular weight excluding hydrogens is 394 g/mol. The number of hydrogen-bond acceptors (Lipinski definition) is 6. The second-order valence-corrected chi connectivity index (χ2v) is 8.58. The minimum atomic E-state index is -0.442. The van der Waals surface area contributed by atoms with Crippen molar-refractivity contribution >= 4 is 5.97 Å². The number of esters is 1. The van der Waals surface area contributed by atoms with E-state index in [9.17, 15) is 4.79 Å². The summed E-state index contributed by atoms with van der Waals surface area (Å²) in [6.07, 6.45) is 0.379. The lowest BCUT2D eigenvalue weighted by molar-refractivity contribution is -0.155. The van der Waals surface area contributed by atoms with E-state index < -0.39 is 5.60 Å². The number of benzene rings is 2. The highest BCUT2D eigenvalue weighted by atomic mass is 16.6. The molecule has 2 aromatic carbocycles. The van der Waals surface area contributed by atoms with Crippen molar-refractivity contribution in [3.63, 3.8) is 0 Å². The van der Waals surface area contributed by atoms with Crippen molar-refractivity contribution in [2.75, 3.05) is 39.5 Å². The predicted octanol–water partition coefficient (Wildman–Crippen LogP) is 4.25. The number of nitrogens with zero attached hydrogens (tertiary/aromatic N) is 1. The van der Waals surface area contributed by atoms with Crippen LogP contribution < -0.4 is 9.47 Å². The maximum absolute atomic E-state index is 12.0. The molecule has 1 unspecified atom stereocenters. The van der Waals surface area contributed by atoms with Gasteiger partial charge in [-0.25, -0.2) is 0 Å². The number of para-hydroxylation sites is 1. The van der Waals surface area contributed by atoms with Crippen molar-refractivity contribution in [1.82, 2.24) is 4.90 Å². The Morgan fingerprint density at radius 2 is 1.65 bits per heavy atom. The molecule has 1 aliphatic heterocycles. The first-order valence-corrected chi connectivity index (χ1v) is 10.9. The summed E-state index contributed by atoms with van der Waals surface area (Å²) in [5, 5.41) is 0. The number of hydrogen-bond donors (Lipinski definition) is 0. The summed E-state index contributed by atoms with van der Waals surface area (Å²) in [7, 11) is 0. The molecule has 168 valence electrons. The third-order valence-electron chi connectivity index (χ3n) is 4.82. The largest absolute Gasteiger partial charge is 0.490 e. The van der Waals surface area contributed by atoms with Crippen LogP contribution in [0.3, 0.4) is 0 Å². The van der Waals surface area contributed by atoms with Gasteiger partial charge in [-0.1, -0.05) is 30.3 Å². The second kappa shape index (κ2) is 11.2. The maximum Gasteiger partial charge on any atom is 0.307 e. The fourth-order valence-corrected chi connectivity index (χ4v) is 3.36. The monoisotopic (exact) mass is 427 g/mol. The third-order valence-corrected chi connectivity index (χ3v) is 4.82. The van der Waals surface area contributed by atoms with Gasteiger partial charge in [-0.05, 0) is 50.6 Å². The average Bonchev–Trinajstić information content (AvgIpc) is 2.76. The second-order valence-electron chi connectivity index (χ2n) is 8.58. The van der Waals surface area contributed by atoms with E-state index in [1.165, 1.54) is 0 Å². The molecule has 1 aliphatic rings. The fourth-order valence-electron chi connectivity index (χ4n) is 3.36. The molecule has 0 amide bonds. The van der Waals surface area contributed by atoms with Crippen LogP contribution in [0.15, 0.2) is 54.6 Å². The Hall–Kier alpha value is -2.57. The van der Waals surface area contributed by atoms with Crippen LogP contribution in [0.25, 0.3) is 0 Å². The zero-order valence-corrected chi connectivity index (χ0v) is 18.7. The molecule has 0 N–H and O–H groups in total. The topological polar surface area (TPSA) is 57.2 Å². The van der Waals surface area contributed by atoms with Crippen LogP contribution in [-0.4, -0.2) is 55.9 Å². The molecule has 0 bridgehead atoms. The highest BCUT2D eigenvalue weighted by molar-refractivity contribution is 5.70. The Kier molecular flexibility index (Phi) is 8.32. The van der Waals surface area contributed by atoms with Crippen LogP contribution in [0.5, 0.6) is 11.5 Å². The van der Waals surface area contributed by atoms with Crippen LogP contribution in [0.4, 0.5) is 0 Å². The van der Waals surface area contributed by atoms with Crippen LogP contribution in [0.1, 0.15) is 38.9 Å². The van der Waals surface area contributed by atoms with Gasteiger partial charge in [0.2, 0.25) is 0 Å². The zero-order chi connectivity index (χ0) is 22.1. The Labute approximate surface area is 185 Å². The summed E-state index contributed by atoms with van der Waals surface area (Å²) >= 11 is 0. The highest BCUT2D eigenvalue weighted by Gasteiger charge is 2.23. The van der Waals surface area contributed by atoms with Crippen molar-refractivity contribution < 1.29 is 23.7 Å². The van der Waals surface area contributed by atoms with Crippen molar-refractivity contribution in [2.24, 2.45) is 0 Å². The van der Waals surface area contributed by atoms with E-state index in [2.05, 4.69) is 4.90 Å². The van der Waals surface area contributed by atoms with E-state index in [4.69, 9.17) is 18.9 Å². The summed E-state index contributed by atoms with van der Waals surface area (Å²) in [5.41, 5.74) is 0.664. The van der Waals surface area contributed by atoms with E-state index in [0.717, 1.165) is 30.2 Å². The van der Waals surface area contributed by atoms with E-state index >= 15 is 0 Å². The average molecular weight is 428 g/mol. The van der Waals surface area contributed by atoms with Gasteiger partial charge in [-0.3, -0.25) is 9.69 Å². The minimum Gasteiger partial charge on any atom is -0.490 e. The summed E-state index contributed by atoms with van der Waals surface area (Å²) in [6, 6.07) is 17.7. The molecular formula is C25H33NO5. The molecule has 3 rings (SSSR count). The molecule has 1 heterocycles. The van der Waals surface area contributed by atoms with Crippen LogP contribution in [0.2, 0.25) is 0 Å². The molecule has 0 aromatic heterocycles. The SMILES string of the molecule is CC(C)(C)OC(=O)CCN1CCOC(c2ccc(OCCOc3ccccc3)cc2)C1. The molecule has 0 aliphatic carbocycles. The van der Waals surface area contributed by atoms with E-state index in [-0.39, 0.29) is 12.1 Å². The number of carbonyl (C=O) groups is 1. The Bertz CT molecular complexity index is 801. The lowest BCUT2D eigenvalue weighted by Gasteiger charge is -2.33. The van der Waals surface area contributed by atoms with Gasteiger partial charge >= 0.3 is 5.97 Å². The summed E-state index contributed by atoms with van der Waals surface area (Å²) in [6.45, 7) is 9.54. The first-order valence-electron chi connectivity index (χ1n) is 10.9. The summed E-state index contributed by atoms with van der Waals surface area (Å²) in [4.78, 5) is 14.2.